The third-order valence-corrected chi connectivity index (χ3v) is 4.82. The third-order valence-electron chi connectivity index (χ3n) is 4.82. The van der Waals surface area contributed by atoms with E-state index in [0.29, 0.717) is 12.6 Å². The minimum absolute atomic E-state index is 0.0936. The zero-order valence-corrected chi connectivity index (χ0v) is 12.7. The molecule has 0 spiro atoms. The van der Waals surface area contributed by atoms with Crippen LogP contribution in [0.1, 0.15) is 47.0 Å². The zero-order valence-electron chi connectivity index (χ0n) is 12.7. The van der Waals surface area contributed by atoms with Gasteiger partial charge in [0.05, 0.1) is 0 Å². The van der Waals surface area contributed by atoms with Gasteiger partial charge in [-0.15, -0.1) is 0 Å². The molecule has 1 atom stereocenters. The van der Waals surface area contributed by atoms with E-state index in [-0.39, 0.29) is 5.41 Å². The molecular weight excluding hydrogens is 224 g/mol. The molecule has 0 amide bonds. The van der Waals surface area contributed by atoms with Gasteiger partial charge >= 0.3 is 0 Å². The fraction of sp³-hybridized carbons (Fsp3) is 1.00. The number of likely N-dealkylation sites (tertiary alicyclic amines) is 1. The van der Waals surface area contributed by atoms with E-state index in [4.69, 9.17) is 0 Å². The van der Waals surface area contributed by atoms with E-state index in [1.165, 1.54) is 19.5 Å². The second-order valence-corrected chi connectivity index (χ2v) is 6.24. The van der Waals surface area contributed by atoms with Gasteiger partial charge in [-0.1, -0.05) is 13.8 Å². The topological polar surface area (TPSA) is 35.5 Å². The van der Waals surface area contributed by atoms with Crippen molar-refractivity contribution in [3.05, 3.63) is 0 Å². The summed E-state index contributed by atoms with van der Waals surface area (Å²) in [6.45, 7) is 13.7. The highest BCUT2D eigenvalue weighted by atomic mass is 16.3. The van der Waals surface area contributed by atoms with E-state index in [1.807, 2.05) is 0 Å². The Morgan fingerprint density at radius 2 is 2.00 bits per heavy atom. The quantitative estimate of drug-likeness (QED) is 0.698. The lowest BCUT2D eigenvalue weighted by atomic mass is 9.83. The maximum atomic E-state index is 9.54. The highest BCUT2D eigenvalue weighted by molar-refractivity contribution is 4.82. The Hall–Kier alpha value is -0.120. The maximum Gasteiger partial charge on any atom is 0.0499 e. The van der Waals surface area contributed by atoms with E-state index in [1.54, 1.807) is 0 Å². The molecule has 3 nitrogen and oxygen atoms in total. The predicted octanol–water partition coefficient (Wildman–Crippen LogP) is 2.10. The van der Waals surface area contributed by atoms with Gasteiger partial charge in [0, 0.05) is 31.2 Å². The summed E-state index contributed by atoms with van der Waals surface area (Å²) in [4.78, 5) is 2.56. The van der Waals surface area contributed by atoms with Crippen molar-refractivity contribution < 1.29 is 5.11 Å². The molecule has 2 N–H and O–H groups in total. The molecule has 1 rings (SSSR count). The van der Waals surface area contributed by atoms with Gasteiger partial charge in [0.2, 0.25) is 0 Å². The first kappa shape index (κ1) is 15.9. The van der Waals surface area contributed by atoms with E-state index in [0.717, 1.165) is 31.8 Å². The standard InChI is InChI=1S/C15H32N2O/c1-5-15(6-2,12-18)11-16-9-14-7-8-17(10-14)13(3)4/h13-14,16,18H,5-12H2,1-4H3. The van der Waals surface area contributed by atoms with Gasteiger partial charge < -0.3 is 15.3 Å². The van der Waals surface area contributed by atoms with Gasteiger partial charge in [-0.3, -0.25) is 0 Å². The second kappa shape index (κ2) is 7.46. The Morgan fingerprint density at radius 3 is 2.44 bits per heavy atom. The largest absolute Gasteiger partial charge is 0.396 e. The van der Waals surface area contributed by atoms with Crippen molar-refractivity contribution in [2.75, 3.05) is 32.8 Å². The number of nitrogens with zero attached hydrogens (tertiary/aromatic N) is 1. The SMILES string of the molecule is CCC(CC)(CO)CNCC1CCN(C(C)C)C1. The lowest BCUT2D eigenvalue weighted by Crippen LogP contribution is -2.39. The average molecular weight is 256 g/mol. The van der Waals surface area contributed by atoms with Crippen molar-refractivity contribution in [3.63, 3.8) is 0 Å². The van der Waals surface area contributed by atoms with Crippen molar-refractivity contribution in [3.8, 4) is 0 Å². The second-order valence-electron chi connectivity index (χ2n) is 6.24. The highest BCUT2D eigenvalue weighted by Crippen LogP contribution is 2.25. The monoisotopic (exact) mass is 256 g/mol. The van der Waals surface area contributed by atoms with Crippen molar-refractivity contribution in [2.45, 2.75) is 53.0 Å². The van der Waals surface area contributed by atoms with Crippen LogP contribution in [0, 0.1) is 11.3 Å². The molecule has 0 aromatic heterocycles. The molecule has 18 heavy (non-hydrogen) atoms. The molecule has 1 aliphatic heterocycles. The Labute approximate surface area is 113 Å². The van der Waals surface area contributed by atoms with Gasteiger partial charge in [0.25, 0.3) is 0 Å². The molecule has 108 valence electrons. The summed E-state index contributed by atoms with van der Waals surface area (Å²) in [5, 5.41) is 13.1. The fourth-order valence-electron chi connectivity index (χ4n) is 2.82. The number of aliphatic hydroxyl groups is 1. The summed E-state index contributed by atoms with van der Waals surface area (Å²) >= 11 is 0. The lowest BCUT2D eigenvalue weighted by Gasteiger charge is -2.30. The summed E-state index contributed by atoms with van der Waals surface area (Å²) in [7, 11) is 0. The molecule has 0 aromatic carbocycles. The average Bonchev–Trinajstić information content (AvgIpc) is 2.84. The zero-order chi connectivity index (χ0) is 13.6. The molecule has 0 saturated carbocycles. The molecule has 0 radical (unpaired) electrons. The van der Waals surface area contributed by atoms with Crippen LogP contribution < -0.4 is 5.32 Å². The Morgan fingerprint density at radius 1 is 1.33 bits per heavy atom. The maximum absolute atomic E-state index is 9.54. The van der Waals surface area contributed by atoms with Crippen LogP contribution >= 0.6 is 0 Å². The van der Waals surface area contributed by atoms with Crippen LogP contribution in [0.2, 0.25) is 0 Å². The predicted molar refractivity (Wildman–Crippen MR) is 77.8 cm³/mol. The number of rotatable bonds is 8. The number of nitrogens with one attached hydrogen (secondary N) is 1. The van der Waals surface area contributed by atoms with Gasteiger partial charge in [-0.05, 0) is 52.1 Å². The first-order valence-electron chi connectivity index (χ1n) is 7.62. The van der Waals surface area contributed by atoms with Crippen LogP contribution in [-0.4, -0.2) is 48.8 Å². The lowest BCUT2D eigenvalue weighted by molar-refractivity contribution is 0.112. The summed E-state index contributed by atoms with van der Waals surface area (Å²) in [6.07, 6.45) is 3.42. The minimum Gasteiger partial charge on any atom is -0.396 e. The normalized spacial score (nSPS) is 22.0. The smallest absolute Gasteiger partial charge is 0.0499 e. The van der Waals surface area contributed by atoms with Crippen molar-refractivity contribution >= 4 is 0 Å². The van der Waals surface area contributed by atoms with Crippen LogP contribution in [0.3, 0.4) is 0 Å². The van der Waals surface area contributed by atoms with E-state index < -0.39 is 0 Å². The van der Waals surface area contributed by atoms with Gasteiger partial charge in [-0.25, -0.2) is 0 Å². The molecule has 1 unspecified atom stereocenters. The molecule has 1 aliphatic rings. The Balaban J connectivity index is 2.26. The summed E-state index contributed by atoms with van der Waals surface area (Å²) in [5.74, 6) is 0.789. The van der Waals surface area contributed by atoms with Gasteiger partial charge in [-0.2, -0.15) is 0 Å². The van der Waals surface area contributed by atoms with Crippen LogP contribution in [0.25, 0.3) is 0 Å². The Bertz CT molecular complexity index is 218. The molecule has 0 aromatic rings. The molecule has 3 heteroatoms. The first-order chi connectivity index (χ1) is 8.56. The Kier molecular flexibility index (Phi) is 6.61. The first-order valence-corrected chi connectivity index (χ1v) is 7.62. The summed E-state index contributed by atoms with van der Waals surface area (Å²) < 4.78 is 0. The molecule has 1 fully saturated rings. The van der Waals surface area contributed by atoms with E-state index >= 15 is 0 Å². The number of aliphatic hydroxyl groups excluding tert-OH is 1. The van der Waals surface area contributed by atoms with E-state index in [9.17, 15) is 5.11 Å². The summed E-state index contributed by atoms with van der Waals surface area (Å²) in [6, 6.07) is 0.679. The fourth-order valence-corrected chi connectivity index (χ4v) is 2.82. The van der Waals surface area contributed by atoms with Crippen molar-refractivity contribution in [1.29, 1.82) is 0 Å². The van der Waals surface area contributed by atoms with Crippen LogP contribution in [0.15, 0.2) is 0 Å². The number of hydrogen-bond donors (Lipinski definition) is 2. The molecule has 0 bridgehead atoms. The van der Waals surface area contributed by atoms with E-state index in [2.05, 4.69) is 37.9 Å². The van der Waals surface area contributed by atoms with Crippen LogP contribution in [0.4, 0.5) is 0 Å². The summed E-state index contributed by atoms with van der Waals surface area (Å²) in [5.41, 5.74) is 0.0936. The van der Waals surface area contributed by atoms with Gasteiger partial charge in [0.1, 0.15) is 0 Å². The van der Waals surface area contributed by atoms with Crippen LogP contribution in [-0.2, 0) is 0 Å². The molecule has 1 saturated heterocycles. The number of hydrogen-bond acceptors (Lipinski definition) is 3. The molecule has 1 heterocycles. The third kappa shape index (κ3) is 4.22. The van der Waals surface area contributed by atoms with Crippen LogP contribution in [0.5, 0.6) is 0 Å². The molecule has 0 aliphatic carbocycles. The highest BCUT2D eigenvalue weighted by Gasteiger charge is 2.27. The van der Waals surface area contributed by atoms with Gasteiger partial charge in [0.15, 0.2) is 0 Å². The van der Waals surface area contributed by atoms with Crippen molar-refractivity contribution in [2.24, 2.45) is 11.3 Å². The molecular formula is C15H32N2O. The minimum atomic E-state index is 0.0936. The van der Waals surface area contributed by atoms with Crippen molar-refractivity contribution in [1.82, 2.24) is 10.2 Å².